The number of hydrogen-bond acceptors (Lipinski definition) is 6. The summed E-state index contributed by atoms with van der Waals surface area (Å²) < 4.78 is 25.3. The SMILES string of the molecule is CCn1c(S[C@H](C)C(=O)N(C)[C@@H]2CCS(=O)(=O)C2)nnc1C1CC1. The number of thioether (sulfide) groups is 1. The van der Waals surface area contributed by atoms with Crippen LogP contribution in [-0.4, -0.2) is 63.8 Å². The molecule has 1 aliphatic heterocycles. The van der Waals surface area contributed by atoms with Crippen molar-refractivity contribution in [2.75, 3.05) is 18.6 Å². The molecule has 7 nitrogen and oxygen atoms in total. The van der Waals surface area contributed by atoms with E-state index in [0.29, 0.717) is 12.3 Å². The van der Waals surface area contributed by atoms with Crippen molar-refractivity contribution in [2.45, 2.75) is 62.0 Å². The van der Waals surface area contributed by atoms with E-state index in [1.165, 1.54) is 11.8 Å². The van der Waals surface area contributed by atoms with Gasteiger partial charge in [-0.25, -0.2) is 8.42 Å². The predicted molar refractivity (Wildman–Crippen MR) is 92.8 cm³/mol. The van der Waals surface area contributed by atoms with E-state index in [-0.39, 0.29) is 28.7 Å². The highest BCUT2D eigenvalue weighted by molar-refractivity contribution is 8.00. The minimum absolute atomic E-state index is 0.0549. The van der Waals surface area contributed by atoms with Gasteiger partial charge in [0, 0.05) is 25.6 Å². The average molecular weight is 373 g/mol. The van der Waals surface area contributed by atoms with Crippen LogP contribution in [-0.2, 0) is 21.2 Å². The first kappa shape index (κ1) is 17.7. The molecule has 134 valence electrons. The van der Waals surface area contributed by atoms with E-state index < -0.39 is 9.84 Å². The second-order valence-electron chi connectivity index (χ2n) is 6.63. The van der Waals surface area contributed by atoms with Crippen molar-refractivity contribution < 1.29 is 13.2 Å². The van der Waals surface area contributed by atoms with Crippen molar-refractivity contribution in [3.8, 4) is 0 Å². The molecule has 0 aromatic carbocycles. The van der Waals surface area contributed by atoms with Gasteiger partial charge in [-0.3, -0.25) is 4.79 Å². The maximum Gasteiger partial charge on any atom is 0.235 e. The summed E-state index contributed by atoms with van der Waals surface area (Å²) in [4.78, 5) is 14.2. The second-order valence-corrected chi connectivity index (χ2v) is 10.2. The van der Waals surface area contributed by atoms with Crippen molar-refractivity contribution in [1.29, 1.82) is 0 Å². The first-order chi connectivity index (χ1) is 11.3. The Morgan fingerprint density at radius 1 is 1.38 bits per heavy atom. The fourth-order valence-electron chi connectivity index (χ4n) is 3.08. The van der Waals surface area contributed by atoms with Crippen molar-refractivity contribution in [1.82, 2.24) is 19.7 Å². The largest absolute Gasteiger partial charge is 0.341 e. The molecule has 1 aliphatic carbocycles. The van der Waals surface area contributed by atoms with Gasteiger partial charge in [0.25, 0.3) is 0 Å². The molecule has 3 rings (SSSR count). The maximum atomic E-state index is 12.7. The third kappa shape index (κ3) is 3.61. The second kappa shape index (κ2) is 6.67. The van der Waals surface area contributed by atoms with E-state index >= 15 is 0 Å². The van der Waals surface area contributed by atoms with Crippen LogP contribution in [0.5, 0.6) is 0 Å². The Bertz CT molecular complexity index is 727. The molecule has 1 saturated heterocycles. The number of aromatic nitrogens is 3. The summed E-state index contributed by atoms with van der Waals surface area (Å²) in [5.74, 6) is 1.73. The zero-order valence-electron chi connectivity index (χ0n) is 14.3. The fraction of sp³-hybridized carbons (Fsp3) is 0.800. The minimum Gasteiger partial charge on any atom is -0.341 e. The third-order valence-corrected chi connectivity index (χ3v) is 7.56. The molecule has 0 radical (unpaired) electrons. The molecule has 2 aliphatic rings. The van der Waals surface area contributed by atoms with E-state index in [4.69, 9.17) is 0 Å². The number of rotatable bonds is 6. The molecule has 0 N–H and O–H groups in total. The smallest absolute Gasteiger partial charge is 0.235 e. The Hall–Kier alpha value is -1.09. The Morgan fingerprint density at radius 2 is 2.08 bits per heavy atom. The molecule has 24 heavy (non-hydrogen) atoms. The van der Waals surface area contributed by atoms with Crippen LogP contribution in [0.2, 0.25) is 0 Å². The van der Waals surface area contributed by atoms with Crippen LogP contribution < -0.4 is 0 Å². The predicted octanol–water partition coefficient (Wildman–Crippen LogP) is 1.30. The van der Waals surface area contributed by atoms with Gasteiger partial charge in [-0.15, -0.1) is 10.2 Å². The van der Waals surface area contributed by atoms with Crippen LogP contribution in [0.4, 0.5) is 0 Å². The van der Waals surface area contributed by atoms with Gasteiger partial charge in [-0.2, -0.15) is 0 Å². The lowest BCUT2D eigenvalue weighted by molar-refractivity contribution is -0.130. The van der Waals surface area contributed by atoms with Crippen LogP contribution in [0.1, 0.15) is 44.9 Å². The number of amides is 1. The summed E-state index contributed by atoms with van der Waals surface area (Å²) >= 11 is 1.40. The Balaban J connectivity index is 1.66. The topological polar surface area (TPSA) is 85.2 Å². The monoisotopic (exact) mass is 372 g/mol. The van der Waals surface area contributed by atoms with Gasteiger partial charge in [0.05, 0.1) is 16.8 Å². The normalized spacial score (nSPS) is 24.0. The summed E-state index contributed by atoms with van der Waals surface area (Å²) in [5, 5.41) is 9.00. The summed E-state index contributed by atoms with van der Waals surface area (Å²) in [7, 11) is -1.30. The van der Waals surface area contributed by atoms with E-state index in [1.807, 2.05) is 6.92 Å². The van der Waals surface area contributed by atoms with E-state index in [1.54, 1.807) is 11.9 Å². The zero-order chi connectivity index (χ0) is 17.5. The van der Waals surface area contributed by atoms with Crippen molar-refractivity contribution in [3.63, 3.8) is 0 Å². The van der Waals surface area contributed by atoms with Crippen LogP contribution in [0.25, 0.3) is 0 Å². The zero-order valence-corrected chi connectivity index (χ0v) is 15.9. The fourth-order valence-corrected chi connectivity index (χ4v) is 5.88. The summed E-state index contributed by atoms with van der Waals surface area (Å²) in [6.45, 7) is 4.69. The summed E-state index contributed by atoms with van der Waals surface area (Å²) in [6, 6.07) is -0.211. The minimum atomic E-state index is -3.00. The molecule has 0 spiro atoms. The highest BCUT2D eigenvalue weighted by Gasteiger charge is 2.35. The van der Waals surface area contributed by atoms with Gasteiger partial charge >= 0.3 is 0 Å². The molecule has 1 saturated carbocycles. The average Bonchev–Trinajstić information content (AvgIpc) is 3.21. The van der Waals surface area contributed by atoms with Crippen molar-refractivity contribution in [2.24, 2.45) is 0 Å². The summed E-state index contributed by atoms with van der Waals surface area (Å²) in [5.41, 5.74) is 0. The molecule has 2 atom stereocenters. The van der Waals surface area contributed by atoms with Gasteiger partial charge in [0.15, 0.2) is 15.0 Å². The van der Waals surface area contributed by atoms with Crippen LogP contribution in [0.3, 0.4) is 0 Å². The van der Waals surface area contributed by atoms with Crippen LogP contribution in [0.15, 0.2) is 5.16 Å². The molecule has 9 heteroatoms. The van der Waals surface area contributed by atoms with Gasteiger partial charge in [-0.1, -0.05) is 11.8 Å². The number of carbonyl (C=O) groups excluding carboxylic acids is 1. The molecule has 1 aromatic heterocycles. The molecule has 0 unspecified atom stereocenters. The van der Waals surface area contributed by atoms with Crippen molar-refractivity contribution >= 4 is 27.5 Å². The lowest BCUT2D eigenvalue weighted by atomic mass is 10.2. The van der Waals surface area contributed by atoms with Gasteiger partial charge in [-0.05, 0) is 33.1 Å². The molecule has 2 fully saturated rings. The number of sulfone groups is 1. The van der Waals surface area contributed by atoms with E-state index in [9.17, 15) is 13.2 Å². The van der Waals surface area contributed by atoms with Crippen LogP contribution >= 0.6 is 11.8 Å². The highest BCUT2D eigenvalue weighted by Crippen LogP contribution is 2.40. The Labute approximate surface area is 147 Å². The van der Waals surface area contributed by atoms with E-state index in [0.717, 1.165) is 30.4 Å². The lowest BCUT2D eigenvalue weighted by Crippen LogP contribution is -2.41. The first-order valence-electron chi connectivity index (χ1n) is 8.39. The molecular formula is C15H24N4O3S2. The number of nitrogens with zero attached hydrogens (tertiary/aromatic N) is 4. The van der Waals surface area contributed by atoms with Gasteiger partial charge in [0.2, 0.25) is 5.91 Å². The molecule has 2 heterocycles. The lowest BCUT2D eigenvalue weighted by Gasteiger charge is -2.26. The molecule has 0 bridgehead atoms. The summed E-state index contributed by atoms with van der Waals surface area (Å²) in [6.07, 6.45) is 2.85. The number of carbonyl (C=O) groups is 1. The highest BCUT2D eigenvalue weighted by atomic mass is 32.2. The Morgan fingerprint density at radius 3 is 2.62 bits per heavy atom. The van der Waals surface area contributed by atoms with Crippen LogP contribution in [0, 0.1) is 0 Å². The molecule has 1 amide bonds. The standard InChI is InChI=1S/C15H24N4O3S2/c1-4-19-13(11-5-6-11)16-17-15(19)23-10(2)14(20)18(3)12-7-8-24(21,22)9-12/h10-12H,4-9H2,1-3H3/t10-,12-/m1/s1. The van der Waals surface area contributed by atoms with E-state index in [2.05, 4.69) is 21.7 Å². The molecular weight excluding hydrogens is 348 g/mol. The number of hydrogen-bond donors (Lipinski definition) is 0. The van der Waals surface area contributed by atoms with Gasteiger partial charge in [0.1, 0.15) is 5.82 Å². The van der Waals surface area contributed by atoms with Crippen molar-refractivity contribution in [3.05, 3.63) is 5.82 Å². The molecule has 1 aromatic rings. The maximum absolute atomic E-state index is 12.7. The third-order valence-electron chi connectivity index (χ3n) is 4.74. The Kier molecular flexibility index (Phi) is 4.92. The first-order valence-corrected chi connectivity index (χ1v) is 11.1. The van der Waals surface area contributed by atoms with Gasteiger partial charge < -0.3 is 9.47 Å². The quantitative estimate of drug-likeness (QED) is 0.700.